The number of hydrogen-bond acceptors (Lipinski definition) is 4. The second-order valence-corrected chi connectivity index (χ2v) is 7.46. The number of nitrogens with zero attached hydrogens (tertiary/aromatic N) is 2. The average Bonchev–Trinajstić information content (AvgIpc) is 3.06. The molecule has 2 aromatic carbocycles. The van der Waals surface area contributed by atoms with Crippen LogP contribution in [0.2, 0.25) is 5.02 Å². The number of anilines is 1. The quantitative estimate of drug-likeness (QED) is 0.619. The van der Waals surface area contributed by atoms with Gasteiger partial charge in [-0.3, -0.25) is 9.89 Å². The summed E-state index contributed by atoms with van der Waals surface area (Å²) in [4.78, 5) is 16.7. The van der Waals surface area contributed by atoms with Crippen molar-refractivity contribution >= 4 is 35.0 Å². The van der Waals surface area contributed by atoms with E-state index in [4.69, 9.17) is 11.6 Å². The lowest BCUT2D eigenvalue weighted by Gasteiger charge is -2.11. The molecular weight excluding hydrogens is 368 g/mol. The molecule has 3 rings (SSSR count). The monoisotopic (exact) mass is 386 g/mol. The summed E-state index contributed by atoms with van der Waals surface area (Å²) in [5, 5.41) is 11.0. The van der Waals surface area contributed by atoms with E-state index in [1.165, 1.54) is 17.3 Å². The molecule has 7 heteroatoms. The zero-order chi connectivity index (χ0) is 18.7. The van der Waals surface area contributed by atoms with Gasteiger partial charge >= 0.3 is 0 Å². The third-order valence-electron chi connectivity index (χ3n) is 3.82. The lowest BCUT2D eigenvalue weighted by atomic mass is 10.1. The van der Waals surface area contributed by atoms with E-state index in [-0.39, 0.29) is 11.7 Å². The molecule has 0 radical (unpaired) electrons. The van der Waals surface area contributed by atoms with Crippen LogP contribution in [0.5, 0.6) is 0 Å². The summed E-state index contributed by atoms with van der Waals surface area (Å²) in [6.45, 7) is 5.92. The molecule has 0 atom stereocenters. The molecule has 0 aliphatic heterocycles. The summed E-state index contributed by atoms with van der Waals surface area (Å²) < 4.78 is 0. The van der Waals surface area contributed by atoms with Crippen LogP contribution >= 0.6 is 23.4 Å². The Morgan fingerprint density at radius 2 is 1.88 bits per heavy atom. The first-order valence-corrected chi connectivity index (χ1v) is 9.47. The van der Waals surface area contributed by atoms with Crippen LogP contribution in [0, 0.1) is 20.8 Å². The van der Waals surface area contributed by atoms with Gasteiger partial charge in [-0.1, -0.05) is 59.3 Å². The molecule has 0 aliphatic rings. The molecule has 5 nitrogen and oxygen atoms in total. The van der Waals surface area contributed by atoms with Gasteiger partial charge in [-0.05, 0) is 38.0 Å². The highest BCUT2D eigenvalue weighted by molar-refractivity contribution is 7.99. The Bertz CT molecular complexity index is 914. The number of amides is 1. The van der Waals surface area contributed by atoms with Crippen molar-refractivity contribution in [3.8, 4) is 11.4 Å². The lowest BCUT2D eigenvalue weighted by Crippen LogP contribution is -2.15. The van der Waals surface area contributed by atoms with Crippen molar-refractivity contribution in [2.24, 2.45) is 0 Å². The minimum absolute atomic E-state index is 0.148. The standard InChI is InChI=1S/C19H19ClN4OS/c1-11-4-6-14(7-5-11)18-22-19(24-23-18)26-10-16(25)21-17-13(3)8-12(2)9-15(17)20/h4-9H,10H2,1-3H3,(H,21,25)(H,22,23,24). The van der Waals surface area contributed by atoms with Crippen molar-refractivity contribution in [3.05, 3.63) is 58.1 Å². The number of carbonyl (C=O) groups excluding carboxylic acids is 1. The summed E-state index contributed by atoms with van der Waals surface area (Å²) in [6.07, 6.45) is 0. The number of hydrogen-bond donors (Lipinski definition) is 2. The number of nitrogens with one attached hydrogen (secondary N) is 2. The van der Waals surface area contributed by atoms with Crippen molar-refractivity contribution in [1.29, 1.82) is 0 Å². The van der Waals surface area contributed by atoms with E-state index in [0.717, 1.165) is 16.7 Å². The molecule has 0 saturated heterocycles. The maximum absolute atomic E-state index is 12.2. The number of H-pyrrole nitrogens is 1. The Labute approximate surface area is 161 Å². The van der Waals surface area contributed by atoms with Crippen LogP contribution in [0.3, 0.4) is 0 Å². The zero-order valence-corrected chi connectivity index (χ0v) is 16.3. The number of thioether (sulfide) groups is 1. The first-order valence-electron chi connectivity index (χ1n) is 8.11. The summed E-state index contributed by atoms with van der Waals surface area (Å²) in [7, 11) is 0. The Hall–Kier alpha value is -2.31. The third-order valence-corrected chi connectivity index (χ3v) is 4.96. The second-order valence-electron chi connectivity index (χ2n) is 6.11. The Kier molecular flexibility index (Phi) is 5.64. The van der Waals surface area contributed by atoms with Gasteiger partial charge in [0.1, 0.15) is 0 Å². The Morgan fingerprint density at radius 3 is 2.58 bits per heavy atom. The van der Waals surface area contributed by atoms with Crippen LogP contribution < -0.4 is 5.32 Å². The van der Waals surface area contributed by atoms with E-state index < -0.39 is 0 Å². The van der Waals surface area contributed by atoms with Crippen LogP contribution in [0.4, 0.5) is 5.69 Å². The lowest BCUT2D eigenvalue weighted by molar-refractivity contribution is -0.113. The first-order chi connectivity index (χ1) is 12.4. The summed E-state index contributed by atoms with van der Waals surface area (Å²) in [5.41, 5.74) is 4.79. The van der Waals surface area contributed by atoms with Gasteiger partial charge in [0, 0.05) is 5.56 Å². The van der Waals surface area contributed by atoms with E-state index in [2.05, 4.69) is 20.5 Å². The van der Waals surface area contributed by atoms with Gasteiger partial charge in [-0.15, -0.1) is 5.10 Å². The van der Waals surface area contributed by atoms with E-state index in [1.54, 1.807) is 0 Å². The largest absolute Gasteiger partial charge is 0.324 e. The number of aromatic nitrogens is 3. The van der Waals surface area contributed by atoms with Crippen LogP contribution in [-0.4, -0.2) is 26.8 Å². The molecule has 0 bridgehead atoms. The van der Waals surface area contributed by atoms with Crippen molar-refractivity contribution in [2.45, 2.75) is 25.9 Å². The fraction of sp³-hybridized carbons (Fsp3) is 0.211. The molecule has 26 heavy (non-hydrogen) atoms. The minimum Gasteiger partial charge on any atom is -0.324 e. The van der Waals surface area contributed by atoms with Crippen molar-refractivity contribution in [2.75, 3.05) is 11.1 Å². The molecule has 1 heterocycles. The smallest absolute Gasteiger partial charge is 0.234 e. The summed E-state index contributed by atoms with van der Waals surface area (Å²) in [5.74, 6) is 0.741. The minimum atomic E-state index is -0.148. The van der Waals surface area contributed by atoms with Crippen molar-refractivity contribution in [3.63, 3.8) is 0 Å². The molecule has 0 unspecified atom stereocenters. The first kappa shape index (κ1) is 18.5. The van der Waals surface area contributed by atoms with E-state index in [9.17, 15) is 4.79 Å². The normalized spacial score (nSPS) is 10.8. The highest BCUT2D eigenvalue weighted by Gasteiger charge is 2.12. The van der Waals surface area contributed by atoms with Crippen LogP contribution in [0.15, 0.2) is 41.6 Å². The number of aryl methyl sites for hydroxylation is 3. The molecule has 134 valence electrons. The topological polar surface area (TPSA) is 70.7 Å². The van der Waals surface area contributed by atoms with Crippen molar-refractivity contribution < 1.29 is 4.79 Å². The van der Waals surface area contributed by atoms with Crippen LogP contribution in [0.1, 0.15) is 16.7 Å². The predicted octanol–water partition coefficient (Wildman–Crippen LogP) is 4.78. The number of aromatic amines is 1. The van der Waals surface area contributed by atoms with Gasteiger partial charge in [0.2, 0.25) is 11.1 Å². The van der Waals surface area contributed by atoms with Crippen LogP contribution in [0.25, 0.3) is 11.4 Å². The zero-order valence-electron chi connectivity index (χ0n) is 14.8. The second kappa shape index (κ2) is 7.93. The van der Waals surface area contributed by atoms with Gasteiger partial charge in [0.05, 0.1) is 16.5 Å². The van der Waals surface area contributed by atoms with Gasteiger partial charge in [-0.25, -0.2) is 4.98 Å². The highest BCUT2D eigenvalue weighted by atomic mass is 35.5. The molecule has 3 aromatic rings. The Morgan fingerprint density at radius 1 is 1.15 bits per heavy atom. The fourth-order valence-electron chi connectivity index (χ4n) is 2.53. The molecular formula is C19H19ClN4OS. The third kappa shape index (κ3) is 4.45. The van der Waals surface area contributed by atoms with Gasteiger partial charge in [-0.2, -0.15) is 0 Å². The fourth-order valence-corrected chi connectivity index (χ4v) is 3.50. The van der Waals surface area contributed by atoms with E-state index in [0.29, 0.717) is 21.7 Å². The van der Waals surface area contributed by atoms with Gasteiger partial charge < -0.3 is 5.32 Å². The number of carbonyl (C=O) groups is 1. The average molecular weight is 387 g/mol. The predicted molar refractivity (Wildman–Crippen MR) is 107 cm³/mol. The highest BCUT2D eigenvalue weighted by Crippen LogP contribution is 2.28. The van der Waals surface area contributed by atoms with E-state index in [1.807, 2.05) is 57.2 Å². The maximum Gasteiger partial charge on any atom is 0.234 e. The number of benzene rings is 2. The van der Waals surface area contributed by atoms with Crippen molar-refractivity contribution in [1.82, 2.24) is 15.2 Å². The maximum atomic E-state index is 12.2. The molecule has 0 spiro atoms. The molecule has 0 fully saturated rings. The molecule has 0 saturated carbocycles. The molecule has 1 aromatic heterocycles. The SMILES string of the molecule is Cc1ccc(-c2nc(SCC(=O)Nc3c(C)cc(C)cc3Cl)n[nH]2)cc1. The van der Waals surface area contributed by atoms with Crippen LogP contribution in [-0.2, 0) is 4.79 Å². The molecule has 2 N–H and O–H groups in total. The number of halogens is 1. The van der Waals surface area contributed by atoms with Gasteiger partial charge in [0.25, 0.3) is 0 Å². The molecule has 0 aliphatic carbocycles. The van der Waals surface area contributed by atoms with Gasteiger partial charge in [0.15, 0.2) is 5.82 Å². The molecule has 1 amide bonds. The number of rotatable bonds is 5. The Balaban J connectivity index is 1.61. The summed E-state index contributed by atoms with van der Waals surface area (Å²) >= 11 is 7.50. The van der Waals surface area contributed by atoms with E-state index >= 15 is 0 Å². The summed E-state index contributed by atoms with van der Waals surface area (Å²) in [6, 6.07) is 11.8.